The molecule has 1 saturated carbocycles. The van der Waals surface area contributed by atoms with E-state index in [9.17, 15) is 28.7 Å². The largest absolute Gasteiger partial charge is 0.809 e. The maximum Gasteiger partial charge on any atom is 0.508 e. The van der Waals surface area contributed by atoms with Crippen LogP contribution in [0.15, 0.2) is 11.1 Å². The fraction of sp³-hybridized carbons (Fsp3) is 0.682. The standard InChI is InChI=1S/C22H34N5O11P/c1-12(2)36-18(29)34-9-22(39(31,32)33,10-35-19(30)37-13(3)4)38-21(7-20(21,5)6)8-27-11-24-14-15(27)25-17(23)26-16(14)28/h11-13H,7-10H2,1-6H3,(H2,31,32,33)(H3,23,25,26,28)/p-2. The summed E-state index contributed by atoms with van der Waals surface area (Å²) in [7, 11) is -5.86. The number of aromatic amines is 1. The van der Waals surface area contributed by atoms with Crippen LogP contribution in [0.3, 0.4) is 0 Å². The topological polar surface area (TPSA) is 233 Å². The van der Waals surface area contributed by atoms with Gasteiger partial charge in [-0.1, -0.05) is 13.8 Å². The first-order valence-electron chi connectivity index (χ1n) is 12.0. The average Bonchev–Trinajstić information content (AvgIpc) is 3.07. The lowest BCUT2D eigenvalue weighted by atomic mass is 10.1. The Balaban J connectivity index is 2.01. The van der Waals surface area contributed by atoms with E-state index < -0.39 is 67.2 Å². The van der Waals surface area contributed by atoms with E-state index in [1.165, 1.54) is 38.6 Å². The predicted molar refractivity (Wildman–Crippen MR) is 130 cm³/mol. The van der Waals surface area contributed by atoms with Crippen molar-refractivity contribution >= 4 is 37.0 Å². The summed E-state index contributed by atoms with van der Waals surface area (Å²) in [5, 5.41) is -2.87. The Morgan fingerprint density at radius 1 is 1.15 bits per heavy atom. The van der Waals surface area contributed by atoms with Crippen LogP contribution in [0.5, 0.6) is 0 Å². The highest BCUT2D eigenvalue weighted by Crippen LogP contribution is 2.63. The van der Waals surface area contributed by atoms with Crippen LogP contribution in [-0.2, 0) is 34.8 Å². The number of nitrogen functional groups attached to an aromatic ring is 1. The number of ether oxygens (including phenoxy) is 5. The molecule has 1 aliphatic carbocycles. The molecule has 218 valence electrons. The van der Waals surface area contributed by atoms with Crippen LogP contribution in [0.25, 0.3) is 11.2 Å². The number of nitrogens with two attached hydrogens (primary N) is 1. The first kappa shape index (κ1) is 30.3. The first-order chi connectivity index (χ1) is 17.9. The zero-order valence-corrected chi connectivity index (χ0v) is 23.3. The van der Waals surface area contributed by atoms with Crippen LogP contribution in [0, 0.1) is 5.41 Å². The molecule has 1 aliphatic rings. The van der Waals surface area contributed by atoms with Gasteiger partial charge in [0.25, 0.3) is 5.56 Å². The second-order valence-electron chi connectivity index (χ2n) is 10.5. The maximum atomic E-state index is 12.7. The van der Waals surface area contributed by atoms with Crippen LogP contribution < -0.4 is 21.1 Å². The van der Waals surface area contributed by atoms with Gasteiger partial charge in [-0.2, -0.15) is 4.98 Å². The van der Waals surface area contributed by atoms with Gasteiger partial charge >= 0.3 is 12.3 Å². The summed E-state index contributed by atoms with van der Waals surface area (Å²) in [6.07, 6.45) is -2.24. The highest BCUT2D eigenvalue weighted by molar-refractivity contribution is 7.50. The van der Waals surface area contributed by atoms with Crippen molar-refractivity contribution in [2.24, 2.45) is 5.41 Å². The molecule has 0 aliphatic heterocycles. The molecule has 0 aromatic carbocycles. The first-order valence-corrected chi connectivity index (χ1v) is 13.5. The van der Waals surface area contributed by atoms with E-state index in [1.807, 2.05) is 0 Å². The van der Waals surface area contributed by atoms with Gasteiger partial charge in [0, 0.05) is 0 Å². The molecule has 17 heteroatoms. The number of anilines is 1. The average molecular weight is 573 g/mol. The highest BCUT2D eigenvalue weighted by atomic mass is 31.2. The summed E-state index contributed by atoms with van der Waals surface area (Å²) in [6, 6.07) is 0. The molecule has 0 amide bonds. The van der Waals surface area contributed by atoms with Crippen LogP contribution in [0.1, 0.15) is 48.0 Å². The summed E-state index contributed by atoms with van der Waals surface area (Å²) in [5.74, 6) is -0.175. The Hall–Kier alpha value is -3.20. The molecule has 0 radical (unpaired) electrons. The van der Waals surface area contributed by atoms with E-state index in [2.05, 4.69) is 15.0 Å². The number of rotatable bonds is 11. The summed E-state index contributed by atoms with van der Waals surface area (Å²) >= 11 is 0. The second-order valence-corrected chi connectivity index (χ2v) is 12.3. The minimum absolute atomic E-state index is 0.0260. The molecule has 16 nitrogen and oxygen atoms in total. The smallest absolute Gasteiger partial charge is 0.508 e. The lowest BCUT2D eigenvalue weighted by Gasteiger charge is -2.49. The third-order valence-electron chi connectivity index (χ3n) is 6.13. The third kappa shape index (κ3) is 6.69. The van der Waals surface area contributed by atoms with Crippen LogP contribution in [0.2, 0.25) is 0 Å². The predicted octanol–water partition coefficient (Wildman–Crippen LogP) is 0.620. The number of hydrogen-bond donors (Lipinski definition) is 2. The number of nitrogens with one attached hydrogen (secondary N) is 1. The van der Waals surface area contributed by atoms with Gasteiger partial charge in [-0.05, 0) is 47.1 Å². The lowest BCUT2D eigenvalue weighted by Crippen LogP contribution is -2.54. The maximum absolute atomic E-state index is 12.7. The van der Waals surface area contributed by atoms with Crippen molar-refractivity contribution in [3.63, 3.8) is 0 Å². The van der Waals surface area contributed by atoms with Crippen molar-refractivity contribution in [3.05, 3.63) is 16.7 Å². The Morgan fingerprint density at radius 3 is 2.10 bits per heavy atom. The third-order valence-corrected chi connectivity index (χ3v) is 7.48. The van der Waals surface area contributed by atoms with Crippen LogP contribution in [-0.4, -0.2) is 68.2 Å². The van der Waals surface area contributed by atoms with Crippen molar-refractivity contribution in [1.82, 2.24) is 19.5 Å². The Kier molecular flexibility index (Phi) is 8.37. The van der Waals surface area contributed by atoms with E-state index in [1.54, 1.807) is 13.8 Å². The number of carbonyl (C=O) groups excluding carboxylic acids is 2. The Bertz CT molecular complexity index is 1310. The zero-order chi connectivity index (χ0) is 29.4. The molecular weight excluding hydrogens is 541 g/mol. The molecule has 0 spiro atoms. The lowest BCUT2D eigenvalue weighted by molar-refractivity contribution is -0.339. The number of nitrogens with zero attached hydrogens (tertiary/aromatic N) is 3. The minimum Gasteiger partial charge on any atom is -0.809 e. The van der Waals surface area contributed by atoms with E-state index >= 15 is 0 Å². The summed E-state index contributed by atoms with van der Waals surface area (Å²) < 4.78 is 39.9. The van der Waals surface area contributed by atoms with Crippen molar-refractivity contribution in [2.45, 2.75) is 77.7 Å². The minimum atomic E-state index is -5.86. The van der Waals surface area contributed by atoms with Crippen molar-refractivity contribution in [1.29, 1.82) is 0 Å². The van der Waals surface area contributed by atoms with Gasteiger partial charge in [0.05, 0.1) is 30.7 Å². The highest BCUT2D eigenvalue weighted by Gasteiger charge is 2.66. The Morgan fingerprint density at radius 2 is 1.67 bits per heavy atom. The molecule has 2 aromatic heterocycles. The van der Waals surface area contributed by atoms with Crippen molar-refractivity contribution < 1.29 is 47.6 Å². The SMILES string of the molecule is CC(C)OC(=O)OCC(COC(=O)OC(C)C)(OC1(Cn2cnc3c(=O)[nH]c(N)nc32)CC1(C)C)P(=O)([O-])[O-]. The molecule has 2 heterocycles. The van der Waals surface area contributed by atoms with E-state index in [4.69, 9.17) is 29.4 Å². The zero-order valence-electron chi connectivity index (χ0n) is 22.4. The molecule has 1 atom stereocenters. The number of H-pyrrole nitrogens is 1. The van der Waals surface area contributed by atoms with Gasteiger partial charge < -0.3 is 48.3 Å². The number of imidazole rings is 1. The fourth-order valence-electron chi connectivity index (χ4n) is 3.98. The number of aromatic nitrogens is 4. The molecular formula is C22H32N5O11P-2. The van der Waals surface area contributed by atoms with Gasteiger partial charge in [-0.25, -0.2) is 14.6 Å². The number of carbonyl (C=O) groups is 2. The van der Waals surface area contributed by atoms with Gasteiger partial charge in [0.15, 0.2) is 16.5 Å². The normalized spacial score (nSPS) is 18.8. The molecule has 3 N–H and O–H groups in total. The molecule has 1 unspecified atom stereocenters. The molecule has 2 aromatic rings. The number of fused-ring (bicyclic) bond motifs is 1. The molecule has 39 heavy (non-hydrogen) atoms. The van der Waals surface area contributed by atoms with Crippen molar-refractivity contribution in [2.75, 3.05) is 18.9 Å². The van der Waals surface area contributed by atoms with Gasteiger partial charge in [0.1, 0.15) is 13.2 Å². The van der Waals surface area contributed by atoms with Crippen molar-refractivity contribution in [3.8, 4) is 0 Å². The Labute approximate surface area is 223 Å². The van der Waals surface area contributed by atoms with E-state index in [0.717, 1.165) is 0 Å². The molecule has 0 bridgehead atoms. The summed E-state index contributed by atoms with van der Waals surface area (Å²) in [6.45, 7) is 7.19. The molecule has 1 fully saturated rings. The number of hydrogen-bond acceptors (Lipinski definition) is 14. The molecule has 3 rings (SSSR count). The van der Waals surface area contributed by atoms with Crippen LogP contribution in [0.4, 0.5) is 15.5 Å². The van der Waals surface area contributed by atoms with Gasteiger partial charge in [0.2, 0.25) is 5.95 Å². The fourth-order valence-corrected chi connectivity index (χ4v) is 4.71. The summed E-state index contributed by atoms with van der Waals surface area (Å²) in [5.41, 5.74) is 3.00. The van der Waals surface area contributed by atoms with E-state index in [-0.39, 0.29) is 30.1 Å². The summed E-state index contributed by atoms with van der Waals surface area (Å²) in [4.78, 5) is 72.3. The molecule has 0 saturated heterocycles. The van der Waals surface area contributed by atoms with E-state index in [0.29, 0.717) is 0 Å². The van der Waals surface area contributed by atoms with Gasteiger partial charge in [-0.15, -0.1) is 0 Å². The monoisotopic (exact) mass is 573 g/mol. The second kappa shape index (κ2) is 10.8. The van der Waals surface area contributed by atoms with Crippen LogP contribution >= 0.6 is 7.60 Å². The van der Waals surface area contributed by atoms with Gasteiger partial charge in [-0.3, -0.25) is 9.78 Å². The quantitative estimate of drug-likeness (QED) is 0.277.